The predicted octanol–water partition coefficient (Wildman–Crippen LogP) is 13.8. The monoisotopic (exact) mass is 643 g/mol. The highest BCUT2D eigenvalue weighted by atomic mass is 32.1. The Bertz CT molecular complexity index is 2760. The summed E-state index contributed by atoms with van der Waals surface area (Å²) >= 11 is 1.88. The van der Waals surface area contributed by atoms with Crippen molar-refractivity contribution in [1.29, 1.82) is 0 Å². The summed E-state index contributed by atoms with van der Waals surface area (Å²) in [5.41, 5.74) is 11.3. The Morgan fingerprint density at radius 3 is 2.02 bits per heavy atom. The summed E-state index contributed by atoms with van der Waals surface area (Å²) in [6, 6.07) is 60.7. The highest BCUT2D eigenvalue weighted by molar-refractivity contribution is 7.26. The van der Waals surface area contributed by atoms with Gasteiger partial charge in [-0.25, -0.2) is 0 Å². The quantitative estimate of drug-likeness (QED) is 0.184. The van der Waals surface area contributed by atoms with Gasteiger partial charge in [-0.05, 0) is 91.8 Å². The summed E-state index contributed by atoms with van der Waals surface area (Å²) in [6.07, 6.45) is 0. The molecule has 0 bridgehead atoms. The molecule has 0 radical (unpaired) electrons. The molecule has 0 amide bonds. The minimum Gasteiger partial charge on any atom is -0.310 e. The lowest BCUT2D eigenvalue weighted by atomic mass is 9.82. The molecule has 0 unspecified atom stereocenters. The third-order valence-electron chi connectivity index (χ3n) is 10.6. The maximum atomic E-state index is 2.47. The molecular weight excluding hydrogens is 611 g/mol. The molecule has 0 saturated carbocycles. The molecule has 1 nitrogen and oxygen atoms in total. The Kier molecular flexibility index (Phi) is 6.16. The lowest BCUT2D eigenvalue weighted by molar-refractivity contribution is 0.660. The van der Waals surface area contributed by atoms with Crippen LogP contribution in [0, 0.1) is 0 Å². The number of nitrogens with zero attached hydrogens (tertiary/aromatic N) is 1. The van der Waals surface area contributed by atoms with Crippen molar-refractivity contribution in [1.82, 2.24) is 0 Å². The van der Waals surface area contributed by atoms with Crippen molar-refractivity contribution in [2.24, 2.45) is 0 Å². The molecule has 1 aliphatic carbocycles. The van der Waals surface area contributed by atoms with Gasteiger partial charge in [-0.15, -0.1) is 11.3 Å². The molecule has 8 aromatic carbocycles. The van der Waals surface area contributed by atoms with E-state index in [0.717, 1.165) is 17.1 Å². The minimum absolute atomic E-state index is 0.0478. The first-order chi connectivity index (χ1) is 24.1. The molecule has 1 aromatic heterocycles. The number of benzene rings is 8. The van der Waals surface area contributed by atoms with Crippen LogP contribution in [0.1, 0.15) is 25.0 Å². The van der Waals surface area contributed by atoms with Gasteiger partial charge in [0.2, 0.25) is 0 Å². The van der Waals surface area contributed by atoms with Crippen LogP contribution in [0.25, 0.3) is 64.0 Å². The van der Waals surface area contributed by atoms with E-state index >= 15 is 0 Å². The van der Waals surface area contributed by atoms with Gasteiger partial charge in [0.15, 0.2) is 0 Å². The number of hydrogen-bond donors (Lipinski definition) is 0. The highest BCUT2D eigenvalue weighted by Crippen LogP contribution is 2.51. The maximum Gasteiger partial charge on any atom is 0.0540 e. The third kappa shape index (κ3) is 4.24. The van der Waals surface area contributed by atoms with Crippen LogP contribution in [0.3, 0.4) is 0 Å². The fourth-order valence-electron chi connectivity index (χ4n) is 8.31. The lowest BCUT2D eigenvalue weighted by Gasteiger charge is -2.29. The molecule has 0 N–H and O–H groups in total. The van der Waals surface area contributed by atoms with Crippen LogP contribution in [-0.2, 0) is 5.41 Å². The first kappa shape index (κ1) is 28.3. The number of para-hydroxylation sites is 1. The van der Waals surface area contributed by atoms with E-state index < -0.39 is 0 Å². The molecule has 0 spiro atoms. The zero-order valence-corrected chi connectivity index (χ0v) is 28.3. The molecule has 0 atom stereocenters. The second-order valence-corrected chi connectivity index (χ2v) is 14.8. The Morgan fingerprint density at radius 1 is 0.429 bits per heavy atom. The van der Waals surface area contributed by atoms with E-state index in [1.54, 1.807) is 0 Å². The second-order valence-electron chi connectivity index (χ2n) is 13.7. The van der Waals surface area contributed by atoms with Gasteiger partial charge in [-0.1, -0.05) is 135 Å². The van der Waals surface area contributed by atoms with Crippen molar-refractivity contribution in [2.75, 3.05) is 4.90 Å². The Balaban J connectivity index is 1.24. The summed E-state index contributed by atoms with van der Waals surface area (Å²) in [6.45, 7) is 4.70. The Morgan fingerprint density at radius 2 is 1.10 bits per heavy atom. The molecule has 1 heterocycles. The average Bonchev–Trinajstić information content (AvgIpc) is 3.64. The van der Waals surface area contributed by atoms with Crippen LogP contribution < -0.4 is 4.90 Å². The van der Waals surface area contributed by atoms with Crippen molar-refractivity contribution in [3.05, 3.63) is 175 Å². The number of anilines is 3. The van der Waals surface area contributed by atoms with Gasteiger partial charge in [0.05, 0.1) is 5.69 Å². The van der Waals surface area contributed by atoms with E-state index in [-0.39, 0.29) is 5.41 Å². The summed E-state index contributed by atoms with van der Waals surface area (Å²) < 4.78 is 2.67. The van der Waals surface area contributed by atoms with Crippen molar-refractivity contribution < 1.29 is 0 Å². The zero-order chi connectivity index (χ0) is 32.7. The molecule has 232 valence electrons. The van der Waals surface area contributed by atoms with E-state index in [4.69, 9.17) is 0 Å². The summed E-state index contributed by atoms with van der Waals surface area (Å²) in [5, 5.41) is 7.73. The molecule has 49 heavy (non-hydrogen) atoms. The largest absolute Gasteiger partial charge is 0.310 e. The van der Waals surface area contributed by atoms with Crippen LogP contribution in [0.4, 0.5) is 17.1 Å². The smallest absolute Gasteiger partial charge is 0.0540 e. The van der Waals surface area contributed by atoms with Gasteiger partial charge < -0.3 is 4.90 Å². The van der Waals surface area contributed by atoms with Gasteiger partial charge in [-0.3, -0.25) is 0 Å². The molecule has 1 aliphatic rings. The van der Waals surface area contributed by atoms with E-state index in [2.05, 4.69) is 183 Å². The van der Waals surface area contributed by atoms with Crippen LogP contribution in [0.15, 0.2) is 164 Å². The van der Waals surface area contributed by atoms with Crippen molar-refractivity contribution in [3.8, 4) is 22.3 Å². The van der Waals surface area contributed by atoms with Gasteiger partial charge >= 0.3 is 0 Å². The van der Waals surface area contributed by atoms with Gasteiger partial charge in [0, 0.05) is 42.5 Å². The molecule has 9 aromatic rings. The number of rotatable bonds is 4. The molecular formula is C47H33NS. The molecule has 0 fully saturated rings. The number of hydrogen-bond acceptors (Lipinski definition) is 2. The van der Waals surface area contributed by atoms with Crippen molar-refractivity contribution in [2.45, 2.75) is 19.3 Å². The predicted molar refractivity (Wildman–Crippen MR) is 212 cm³/mol. The molecule has 0 aliphatic heterocycles. The second kappa shape index (κ2) is 10.7. The van der Waals surface area contributed by atoms with Crippen LogP contribution in [0.5, 0.6) is 0 Å². The lowest BCUT2D eigenvalue weighted by Crippen LogP contribution is -2.15. The van der Waals surface area contributed by atoms with E-state index in [1.807, 2.05) is 11.3 Å². The minimum atomic E-state index is -0.0478. The Labute approximate surface area is 290 Å². The summed E-state index contributed by atoms with van der Waals surface area (Å²) in [5.74, 6) is 0. The standard InChI is InChI=1S/C47H33NS/c1-47(2)41-19-8-5-15-37(41)40-29-33(24-26-42(40)47)48(43-20-9-6-16-38(43)36-18-11-13-30-12-3-4-14-34(30)36)32-23-25-35-31(28-32)22-27-45-46(35)39-17-7-10-21-44(39)49-45/h3-29H,1-2H3. The van der Waals surface area contributed by atoms with Crippen LogP contribution in [0.2, 0.25) is 0 Å². The zero-order valence-electron chi connectivity index (χ0n) is 27.4. The van der Waals surface area contributed by atoms with E-state index in [9.17, 15) is 0 Å². The van der Waals surface area contributed by atoms with Gasteiger partial charge in [0.25, 0.3) is 0 Å². The van der Waals surface area contributed by atoms with Gasteiger partial charge in [-0.2, -0.15) is 0 Å². The Hall–Kier alpha value is -5.70. The normalized spacial score (nSPS) is 13.3. The maximum absolute atomic E-state index is 2.47. The van der Waals surface area contributed by atoms with Crippen molar-refractivity contribution >= 4 is 70.1 Å². The number of thiophene rings is 1. The van der Waals surface area contributed by atoms with Crippen LogP contribution in [-0.4, -0.2) is 0 Å². The van der Waals surface area contributed by atoms with Crippen LogP contribution >= 0.6 is 11.3 Å². The van der Waals surface area contributed by atoms with E-state index in [0.29, 0.717) is 0 Å². The fourth-order valence-corrected chi connectivity index (χ4v) is 9.43. The SMILES string of the molecule is CC1(C)c2ccccc2-c2cc(N(c3ccc4c(ccc5sc6ccccc6c54)c3)c3ccccc3-c3cccc4ccccc34)ccc21. The summed E-state index contributed by atoms with van der Waals surface area (Å²) in [4.78, 5) is 2.47. The number of fused-ring (bicyclic) bond motifs is 9. The molecule has 10 rings (SSSR count). The van der Waals surface area contributed by atoms with E-state index in [1.165, 1.54) is 75.1 Å². The summed E-state index contributed by atoms with van der Waals surface area (Å²) in [7, 11) is 0. The van der Waals surface area contributed by atoms with Crippen molar-refractivity contribution in [3.63, 3.8) is 0 Å². The average molecular weight is 644 g/mol. The first-order valence-corrected chi connectivity index (χ1v) is 17.8. The topological polar surface area (TPSA) is 3.24 Å². The molecule has 0 saturated heterocycles. The highest BCUT2D eigenvalue weighted by Gasteiger charge is 2.35. The third-order valence-corrected chi connectivity index (χ3v) is 11.8. The molecule has 2 heteroatoms. The fraction of sp³-hybridized carbons (Fsp3) is 0.0638. The van der Waals surface area contributed by atoms with Gasteiger partial charge in [0.1, 0.15) is 0 Å². The first-order valence-electron chi connectivity index (χ1n) is 17.0.